The van der Waals surface area contributed by atoms with E-state index in [4.69, 9.17) is 16.3 Å². The maximum atomic E-state index is 12.8. The third-order valence-corrected chi connectivity index (χ3v) is 5.16. The second-order valence-corrected chi connectivity index (χ2v) is 7.29. The molecule has 2 heterocycles. The molecule has 0 bridgehead atoms. The van der Waals surface area contributed by atoms with Crippen LogP contribution in [-0.2, 0) is 17.7 Å². The molecule has 1 N–H and O–H groups in total. The molecule has 0 saturated heterocycles. The first kappa shape index (κ1) is 20.0. The first-order valence-corrected chi connectivity index (χ1v) is 10.1. The summed E-state index contributed by atoms with van der Waals surface area (Å²) >= 11 is 5.90. The van der Waals surface area contributed by atoms with Crippen LogP contribution in [0.3, 0.4) is 0 Å². The van der Waals surface area contributed by atoms with E-state index < -0.39 is 5.97 Å². The summed E-state index contributed by atoms with van der Waals surface area (Å²) in [6, 6.07) is 16.3. The minimum atomic E-state index is -0.483. The Labute approximate surface area is 179 Å². The van der Waals surface area contributed by atoms with Gasteiger partial charge in [-0.05, 0) is 43.3 Å². The van der Waals surface area contributed by atoms with Gasteiger partial charge in [0.1, 0.15) is 0 Å². The van der Waals surface area contributed by atoms with Gasteiger partial charge in [0.15, 0.2) is 5.69 Å². The van der Waals surface area contributed by atoms with Gasteiger partial charge in [0.05, 0.1) is 24.5 Å². The Morgan fingerprint density at radius 2 is 1.87 bits per heavy atom. The Bertz CT molecular complexity index is 1060. The van der Waals surface area contributed by atoms with Gasteiger partial charge in [-0.25, -0.2) is 14.3 Å². The predicted molar refractivity (Wildman–Crippen MR) is 114 cm³/mol. The van der Waals surface area contributed by atoms with E-state index in [9.17, 15) is 9.59 Å². The van der Waals surface area contributed by atoms with Gasteiger partial charge in [0, 0.05) is 29.2 Å². The van der Waals surface area contributed by atoms with E-state index in [2.05, 4.69) is 10.4 Å². The molecule has 0 unspecified atom stereocenters. The van der Waals surface area contributed by atoms with E-state index in [0.29, 0.717) is 23.7 Å². The molecule has 3 aromatic rings. The van der Waals surface area contributed by atoms with E-state index in [0.717, 1.165) is 16.9 Å². The molecule has 2 amide bonds. The predicted octanol–water partition coefficient (Wildman–Crippen LogP) is 4.29. The average molecular weight is 425 g/mol. The van der Waals surface area contributed by atoms with Crippen molar-refractivity contribution < 1.29 is 14.3 Å². The van der Waals surface area contributed by atoms with Crippen LogP contribution in [0.5, 0.6) is 0 Å². The van der Waals surface area contributed by atoms with Crippen molar-refractivity contribution in [2.45, 2.75) is 19.9 Å². The van der Waals surface area contributed by atoms with E-state index in [1.807, 2.05) is 30.3 Å². The number of nitrogens with zero attached hydrogens (tertiary/aromatic N) is 3. The van der Waals surface area contributed by atoms with E-state index in [1.165, 1.54) is 0 Å². The molecule has 1 aliphatic heterocycles. The van der Waals surface area contributed by atoms with Gasteiger partial charge in [0.2, 0.25) is 0 Å². The number of anilines is 1. The summed E-state index contributed by atoms with van der Waals surface area (Å²) in [5.41, 5.74) is 3.40. The van der Waals surface area contributed by atoms with Crippen LogP contribution in [0.15, 0.2) is 54.6 Å². The highest BCUT2D eigenvalue weighted by Crippen LogP contribution is 2.26. The van der Waals surface area contributed by atoms with Gasteiger partial charge in [-0.15, -0.1) is 0 Å². The Balaban J connectivity index is 1.62. The molecule has 30 heavy (non-hydrogen) atoms. The molecule has 0 spiro atoms. The second-order valence-electron chi connectivity index (χ2n) is 6.85. The van der Waals surface area contributed by atoms with Crippen molar-refractivity contribution in [2.75, 3.05) is 18.5 Å². The zero-order valence-corrected chi connectivity index (χ0v) is 17.2. The van der Waals surface area contributed by atoms with Gasteiger partial charge in [-0.2, -0.15) is 5.10 Å². The molecule has 1 aliphatic rings. The summed E-state index contributed by atoms with van der Waals surface area (Å²) in [5, 5.41) is 8.00. The molecular weight excluding hydrogens is 404 g/mol. The average Bonchev–Trinajstić information content (AvgIpc) is 3.15. The van der Waals surface area contributed by atoms with Crippen LogP contribution >= 0.6 is 11.6 Å². The lowest BCUT2D eigenvalue weighted by Gasteiger charge is -2.28. The Kier molecular flexibility index (Phi) is 5.72. The van der Waals surface area contributed by atoms with Crippen molar-refractivity contribution in [3.8, 4) is 5.69 Å². The van der Waals surface area contributed by atoms with Crippen LogP contribution < -0.4 is 5.32 Å². The second kappa shape index (κ2) is 8.59. The van der Waals surface area contributed by atoms with Gasteiger partial charge in [-0.3, -0.25) is 0 Å². The lowest BCUT2D eigenvalue weighted by atomic mass is 10.0. The minimum absolute atomic E-state index is 0.245. The highest BCUT2D eigenvalue weighted by atomic mass is 35.5. The third kappa shape index (κ3) is 4.02. The monoisotopic (exact) mass is 424 g/mol. The number of aromatic nitrogens is 2. The molecule has 0 atom stereocenters. The fraction of sp³-hybridized carbons (Fsp3) is 0.227. The van der Waals surface area contributed by atoms with Crippen molar-refractivity contribution in [1.29, 1.82) is 0 Å². The number of rotatable bonds is 4. The van der Waals surface area contributed by atoms with Gasteiger partial charge in [0.25, 0.3) is 0 Å². The number of amides is 2. The number of esters is 1. The van der Waals surface area contributed by atoms with Crippen LogP contribution in [0.2, 0.25) is 5.02 Å². The molecule has 7 nitrogen and oxygen atoms in total. The molecule has 0 aliphatic carbocycles. The number of hydrogen-bond donors (Lipinski definition) is 1. The summed E-state index contributed by atoms with van der Waals surface area (Å²) < 4.78 is 6.97. The maximum absolute atomic E-state index is 12.8. The zero-order chi connectivity index (χ0) is 21.1. The molecule has 0 fully saturated rings. The third-order valence-electron chi connectivity index (χ3n) is 4.91. The van der Waals surface area contributed by atoms with Gasteiger partial charge >= 0.3 is 12.0 Å². The Morgan fingerprint density at radius 3 is 2.57 bits per heavy atom. The quantitative estimate of drug-likeness (QED) is 0.634. The topological polar surface area (TPSA) is 76.5 Å². The van der Waals surface area contributed by atoms with E-state index >= 15 is 0 Å². The number of fused-ring (bicyclic) bond motifs is 1. The number of nitrogens with one attached hydrogen (secondary N) is 1. The van der Waals surface area contributed by atoms with Crippen LogP contribution in [0.4, 0.5) is 10.5 Å². The number of benzene rings is 2. The van der Waals surface area contributed by atoms with Crippen molar-refractivity contribution in [3.63, 3.8) is 0 Å². The standard InChI is InChI=1S/C22H21ClN4O3/c1-2-30-21(28)20-18-14-26(22(29)24-16-10-8-15(23)9-11-16)13-12-19(18)27(25-20)17-6-4-3-5-7-17/h3-11H,2,12-14H2,1H3,(H,24,29). The highest BCUT2D eigenvalue weighted by molar-refractivity contribution is 6.30. The molecule has 154 valence electrons. The highest BCUT2D eigenvalue weighted by Gasteiger charge is 2.31. The Morgan fingerprint density at radius 1 is 1.13 bits per heavy atom. The van der Waals surface area contributed by atoms with Gasteiger partial charge in [-0.1, -0.05) is 29.8 Å². The van der Waals surface area contributed by atoms with Crippen molar-refractivity contribution in [2.24, 2.45) is 0 Å². The fourth-order valence-electron chi connectivity index (χ4n) is 3.47. The number of halogens is 1. The van der Waals surface area contributed by atoms with Crippen LogP contribution in [0, 0.1) is 0 Å². The summed E-state index contributed by atoms with van der Waals surface area (Å²) in [6.07, 6.45) is 0.574. The summed E-state index contributed by atoms with van der Waals surface area (Å²) in [5.74, 6) is -0.483. The summed E-state index contributed by atoms with van der Waals surface area (Å²) in [6.45, 7) is 2.79. The summed E-state index contributed by atoms with van der Waals surface area (Å²) in [4.78, 5) is 27.0. The number of carbonyl (C=O) groups is 2. The number of para-hydroxylation sites is 1. The molecule has 0 radical (unpaired) electrons. The molecule has 4 rings (SSSR count). The molecule has 1 aromatic heterocycles. The van der Waals surface area contributed by atoms with Crippen LogP contribution in [0.25, 0.3) is 5.69 Å². The normalized spacial score (nSPS) is 12.9. The van der Waals surface area contributed by atoms with Crippen LogP contribution in [0.1, 0.15) is 28.7 Å². The largest absolute Gasteiger partial charge is 0.461 e. The number of hydrogen-bond acceptors (Lipinski definition) is 4. The maximum Gasteiger partial charge on any atom is 0.359 e. The van der Waals surface area contributed by atoms with Crippen molar-refractivity contribution >= 4 is 29.3 Å². The lowest BCUT2D eigenvalue weighted by molar-refractivity contribution is 0.0516. The van der Waals surface area contributed by atoms with E-state index in [1.54, 1.807) is 40.8 Å². The van der Waals surface area contributed by atoms with Crippen molar-refractivity contribution in [1.82, 2.24) is 14.7 Å². The minimum Gasteiger partial charge on any atom is -0.461 e. The molecule has 2 aromatic carbocycles. The first-order chi connectivity index (χ1) is 14.6. The zero-order valence-electron chi connectivity index (χ0n) is 16.5. The number of urea groups is 1. The lowest BCUT2D eigenvalue weighted by Crippen LogP contribution is -2.39. The van der Waals surface area contributed by atoms with Crippen LogP contribution in [-0.4, -0.2) is 39.8 Å². The molecular formula is C22H21ClN4O3. The Hall–Kier alpha value is -3.32. The SMILES string of the molecule is CCOC(=O)c1nn(-c2ccccc2)c2c1CN(C(=O)Nc1ccc(Cl)cc1)CC2. The first-order valence-electron chi connectivity index (χ1n) is 9.71. The summed E-state index contributed by atoms with van der Waals surface area (Å²) in [7, 11) is 0. The number of carbonyl (C=O) groups excluding carboxylic acids is 2. The molecule has 0 saturated carbocycles. The van der Waals surface area contributed by atoms with E-state index in [-0.39, 0.29) is 24.9 Å². The number of ether oxygens (including phenoxy) is 1. The molecule has 8 heteroatoms. The fourth-order valence-corrected chi connectivity index (χ4v) is 3.60. The van der Waals surface area contributed by atoms with Gasteiger partial charge < -0.3 is 15.0 Å². The smallest absolute Gasteiger partial charge is 0.359 e. The van der Waals surface area contributed by atoms with Crippen molar-refractivity contribution in [3.05, 3.63) is 76.6 Å².